The Morgan fingerprint density at radius 2 is 1.56 bits per heavy atom. The summed E-state index contributed by atoms with van der Waals surface area (Å²) in [5.41, 5.74) is 0. The van der Waals surface area contributed by atoms with E-state index in [1.165, 1.54) is 0 Å². The molecule has 0 bridgehead atoms. The van der Waals surface area contributed by atoms with Crippen molar-refractivity contribution in [2.24, 2.45) is 0 Å². The summed E-state index contributed by atoms with van der Waals surface area (Å²) in [6.07, 6.45) is -4.50. The lowest BCUT2D eigenvalue weighted by Gasteiger charge is -2.08. The molecule has 0 rings (SSSR count). The van der Waals surface area contributed by atoms with Gasteiger partial charge in [0.15, 0.2) is 0 Å². The Bertz CT molecular complexity index is 270. The highest BCUT2D eigenvalue weighted by Gasteiger charge is 2.25. The van der Waals surface area contributed by atoms with Gasteiger partial charge in [0.2, 0.25) is 0 Å². The van der Waals surface area contributed by atoms with E-state index in [1.807, 2.05) is 0 Å². The van der Waals surface area contributed by atoms with E-state index in [2.05, 4.69) is 10.6 Å². The Hall–Kier alpha value is -1.47. The highest BCUT2D eigenvalue weighted by molar-refractivity contribution is 5.73. The number of carbonyl (C=O) groups is 2. The molecule has 0 saturated heterocycles. The molecule has 0 saturated carbocycles. The first kappa shape index (κ1) is 16.5. The Morgan fingerprint density at radius 3 is 2.06 bits per heavy atom. The molecule has 8 heteroatoms. The number of aliphatic carboxylic acids is 1. The number of hydrogen-bond donors (Lipinski definition) is 3. The quantitative estimate of drug-likeness (QED) is 0.589. The zero-order valence-corrected chi connectivity index (χ0v) is 9.85. The predicted molar refractivity (Wildman–Crippen MR) is 58.2 cm³/mol. The average molecular weight is 270 g/mol. The molecule has 5 nitrogen and oxygen atoms in total. The van der Waals surface area contributed by atoms with Crippen molar-refractivity contribution in [1.29, 1.82) is 0 Å². The van der Waals surface area contributed by atoms with Crippen LogP contribution in [0.4, 0.5) is 18.0 Å². The second kappa shape index (κ2) is 8.60. The Kier molecular flexibility index (Phi) is 7.89. The van der Waals surface area contributed by atoms with Gasteiger partial charge < -0.3 is 15.7 Å². The van der Waals surface area contributed by atoms with Gasteiger partial charge in [-0.3, -0.25) is 4.79 Å². The number of alkyl halides is 3. The van der Waals surface area contributed by atoms with Crippen molar-refractivity contribution in [3.63, 3.8) is 0 Å². The molecule has 0 fully saturated rings. The monoisotopic (exact) mass is 270 g/mol. The molecule has 0 aliphatic heterocycles. The zero-order valence-electron chi connectivity index (χ0n) is 9.85. The van der Waals surface area contributed by atoms with E-state index in [9.17, 15) is 22.8 Å². The number of urea groups is 1. The van der Waals surface area contributed by atoms with E-state index in [0.29, 0.717) is 6.42 Å². The van der Waals surface area contributed by atoms with E-state index in [-0.39, 0.29) is 32.4 Å². The van der Waals surface area contributed by atoms with Crippen molar-refractivity contribution in [2.75, 3.05) is 13.1 Å². The second-order valence-electron chi connectivity index (χ2n) is 3.75. The minimum atomic E-state index is -4.15. The minimum Gasteiger partial charge on any atom is -0.481 e. The van der Waals surface area contributed by atoms with Crippen molar-refractivity contribution in [1.82, 2.24) is 10.6 Å². The largest absolute Gasteiger partial charge is 0.481 e. The first-order valence-corrected chi connectivity index (χ1v) is 5.61. The van der Waals surface area contributed by atoms with Crippen LogP contribution in [0.25, 0.3) is 0 Å². The minimum absolute atomic E-state index is 0.0250. The molecule has 3 N–H and O–H groups in total. The summed E-state index contributed by atoms with van der Waals surface area (Å²) in [4.78, 5) is 21.2. The number of nitrogens with one attached hydrogen (secondary N) is 2. The lowest BCUT2D eigenvalue weighted by atomic mass is 10.2. The van der Waals surface area contributed by atoms with Crippen LogP contribution in [0.2, 0.25) is 0 Å². The van der Waals surface area contributed by atoms with Crippen LogP contribution in [0.1, 0.15) is 32.1 Å². The third kappa shape index (κ3) is 12.6. The number of hydrogen-bond acceptors (Lipinski definition) is 2. The highest BCUT2D eigenvalue weighted by atomic mass is 19.4. The zero-order chi connectivity index (χ0) is 14.0. The van der Waals surface area contributed by atoms with Crippen LogP contribution in [-0.4, -0.2) is 36.4 Å². The molecule has 0 aromatic rings. The van der Waals surface area contributed by atoms with Gasteiger partial charge in [0.05, 0.1) is 0 Å². The van der Waals surface area contributed by atoms with E-state index < -0.39 is 24.6 Å². The number of carbonyl (C=O) groups excluding carboxylic acids is 1. The molecule has 18 heavy (non-hydrogen) atoms. The lowest BCUT2D eigenvalue weighted by molar-refractivity contribution is -0.137. The standard InChI is InChI=1S/C10H17F3N2O3/c11-10(12,13)5-1-2-6-14-9(18)15-7-3-4-8(16)17/h1-7H2,(H,16,17)(H2,14,15,18). The van der Waals surface area contributed by atoms with Crippen LogP contribution in [0.3, 0.4) is 0 Å². The van der Waals surface area contributed by atoms with Gasteiger partial charge in [-0.2, -0.15) is 13.2 Å². The number of carboxylic acids is 1. The Labute approximate surface area is 103 Å². The van der Waals surface area contributed by atoms with Gasteiger partial charge in [-0.15, -0.1) is 0 Å². The molecule has 0 heterocycles. The third-order valence-corrected chi connectivity index (χ3v) is 2.03. The molecule has 0 unspecified atom stereocenters. The lowest BCUT2D eigenvalue weighted by Crippen LogP contribution is -2.36. The van der Waals surface area contributed by atoms with Crippen molar-refractivity contribution >= 4 is 12.0 Å². The van der Waals surface area contributed by atoms with Gasteiger partial charge in [-0.1, -0.05) is 0 Å². The van der Waals surface area contributed by atoms with Crippen LogP contribution in [-0.2, 0) is 4.79 Å². The Balaban J connectivity index is 3.35. The molecule has 0 aromatic heterocycles. The van der Waals surface area contributed by atoms with Gasteiger partial charge in [0.25, 0.3) is 0 Å². The first-order valence-electron chi connectivity index (χ1n) is 5.61. The Morgan fingerprint density at radius 1 is 1.00 bits per heavy atom. The smallest absolute Gasteiger partial charge is 0.389 e. The molecule has 0 aliphatic rings. The molecule has 0 aromatic carbocycles. The van der Waals surface area contributed by atoms with Crippen LogP contribution < -0.4 is 10.6 Å². The number of amides is 2. The van der Waals surface area contributed by atoms with E-state index in [1.54, 1.807) is 0 Å². The number of halogens is 3. The van der Waals surface area contributed by atoms with E-state index in [0.717, 1.165) is 0 Å². The van der Waals surface area contributed by atoms with Crippen LogP contribution in [0.5, 0.6) is 0 Å². The summed E-state index contributed by atoms with van der Waals surface area (Å²) in [6.45, 7) is 0.390. The van der Waals surface area contributed by atoms with Crippen molar-refractivity contribution < 1.29 is 27.9 Å². The van der Waals surface area contributed by atoms with Gasteiger partial charge in [-0.25, -0.2) is 4.79 Å². The summed E-state index contributed by atoms with van der Waals surface area (Å²) in [5, 5.41) is 13.1. The van der Waals surface area contributed by atoms with E-state index in [4.69, 9.17) is 5.11 Å². The van der Waals surface area contributed by atoms with Crippen LogP contribution >= 0.6 is 0 Å². The highest BCUT2D eigenvalue weighted by Crippen LogP contribution is 2.21. The SMILES string of the molecule is O=C(O)CCCNC(=O)NCCCCC(F)(F)F. The fourth-order valence-electron chi connectivity index (χ4n) is 1.16. The summed E-state index contributed by atoms with van der Waals surface area (Å²) in [7, 11) is 0. The van der Waals surface area contributed by atoms with Crippen molar-refractivity contribution in [3.05, 3.63) is 0 Å². The van der Waals surface area contributed by atoms with Gasteiger partial charge in [0, 0.05) is 25.9 Å². The molecule has 0 aliphatic carbocycles. The fraction of sp³-hybridized carbons (Fsp3) is 0.800. The van der Waals surface area contributed by atoms with Crippen molar-refractivity contribution in [3.8, 4) is 0 Å². The normalized spacial score (nSPS) is 11.1. The van der Waals surface area contributed by atoms with Crippen LogP contribution in [0.15, 0.2) is 0 Å². The topological polar surface area (TPSA) is 78.4 Å². The second-order valence-corrected chi connectivity index (χ2v) is 3.75. The summed E-state index contributed by atoms with van der Waals surface area (Å²) in [6, 6.07) is -0.493. The average Bonchev–Trinajstić information content (AvgIpc) is 2.22. The molecular weight excluding hydrogens is 253 g/mol. The molecule has 106 valence electrons. The van der Waals surface area contributed by atoms with Gasteiger partial charge >= 0.3 is 18.2 Å². The summed E-state index contributed by atoms with van der Waals surface area (Å²) >= 11 is 0. The molecular formula is C10H17F3N2O3. The third-order valence-electron chi connectivity index (χ3n) is 2.03. The molecule has 2 amide bonds. The molecule has 0 spiro atoms. The summed E-state index contributed by atoms with van der Waals surface area (Å²) < 4.78 is 35.3. The summed E-state index contributed by atoms with van der Waals surface area (Å²) in [5.74, 6) is -0.940. The fourth-order valence-corrected chi connectivity index (χ4v) is 1.16. The molecule has 0 atom stereocenters. The number of unbranched alkanes of at least 4 members (excludes halogenated alkanes) is 1. The van der Waals surface area contributed by atoms with Crippen molar-refractivity contribution in [2.45, 2.75) is 38.3 Å². The maximum Gasteiger partial charge on any atom is 0.389 e. The maximum atomic E-state index is 11.8. The maximum absolute atomic E-state index is 11.8. The van der Waals surface area contributed by atoms with E-state index >= 15 is 0 Å². The van der Waals surface area contributed by atoms with Crippen LogP contribution in [0, 0.1) is 0 Å². The van der Waals surface area contributed by atoms with Gasteiger partial charge in [-0.05, 0) is 19.3 Å². The number of carboxylic acid groups (broad SMARTS) is 1. The molecule has 0 radical (unpaired) electrons. The first-order chi connectivity index (χ1) is 8.31. The predicted octanol–water partition coefficient (Wildman–Crippen LogP) is 1.88. The van der Waals surface area contributed by atoms with Gasteiger partial charge in [0.1, 0.15) is 0 Å². The number of rotatable bonds is 8.